The Kier molecular flexibility index (Phi) is 4.55. The summed E-state index contributed by atoms with van der Waals surface area (Å²) >= 11 is 0. The van der Waals surface area contributed by atoms with Gasteiger partial charge in [-0.15, -0.1) is 0 Å². The van der Waals surface area contributed by atoms with Crippen LogP contribution in [0.25, 0.3) is 22.5 Å². The SMILES string of the molecule is CC(C)N1CCCC1c1nc(-c2ccc(-c3cccc(F)c3)cc2)no1. The van der Waals surface area contributed by atoms with E-state index >= 15 is 0 Å². The van der Waals surface area contributed by atoms with Crippen molar-refractivity contribution in [2.24, 2.45) is 0 Å². The highest BCUT2D eigenvalue weighted by Crippen LogP contribution is 2.33. The van der Waals surface area contributed by atoms with Gasteiger partial charge in [-0.3, -0.25) is 4.90 Å². The number of nitrogens with zero attached hydrogens (tertiary/aromatic N) is 3. The van der Waals surface area contributed by atoms with Gasteiger partial charge in [0.15, 0.2) is 0 Å². The summed E-state index contributed by atoms with van der Waals surface area (Å²) in [5.74, 6) is 1.06. The molecule has 2 heterocycles. The highest BCUT2D eigenvalue weighted by molar-refractivity contribution is 5.67. The van der Waals surface area contributed by atoms with Crippen molar-refractivity contribution in [1.29, 1.82) is 0 Å². The van der Waals surface area contributed by atoms with Gasteiger partial charge in [0.05, 0.1) is 6.04 Å². The predicted molar refractivity (Wildman–Crippen MR) is 98.9 cm³/mol. The van der Waals surface area contributed by atoms with E-state index in [1.807, 2.05) is 30.3 Å². The minimum absolute atomic E-state index is 0.211. The van der Waals surface area contributed by atoms with E-state index in [1.165, 1.54) is 12.1 Å². The van der Waals surface area contributed by atoms with Gasteiger partial charge in [0.2, 0.25) is 11.7 Å². The Morgan fingerprint density at radius 3 is 2.58 bits per heavy atom. The Labute approximate surface area is 152 Å². The first-order valence-electron chi connectivity index (χ1n) is 9.07. The van der Waals surface area contributed by atoms with Crippen molar-refractivity contribution in [3.8, 4) is 22.5 Å². The van der Waals surface area contributed by atoms with Crippen LogP contribution < -0.4 is 0 Å². The number of rotatable bonds is 4. The molecule has 1 aliphatic heterocycles. The lowest BCUT2D eigenvalue weighted by Crippen LogP contribution is -2.30. The van der Waals surface area contributed by atoms with Crippen LogP contribution >= 0.6 is 0 Å². The van der Waals surface area contributed by atoms with Crippen LogP contribution in [0.3, 0.4) is 0 Å². The smallest absolute Gasteiger partial charge is 0.244 e. The van der Waals surface area contributed by atoms with Gasteiger partial charge in [0, 0.05) is 11.6 Å². The summed E-state index contributed by atoms with van der Waals surface area (Å²) in [4.78, 5) is 7.04. The zero-order valence-corrected chi connectivity index (χ0v) is 15.0. The van der Waals surface area contributed by atoms with E-state index in [1.54, 1.807) is 6.07 Å². The second kappa shape index (κ2) is 7.00. The molecule has 0 bridgehead atoms. The molecule has 0 N–H and O–H groups in total. The van der Waals surface area contributed by atoms with E-state index < -0.39 is 0 Å². The second-order valence-electron chi connectivity index (χ2n) is 7.03. The highest BCUT2D eigenvalue weighted by atomic mass is 19.1. The van der Waals surface area contributed by atoms with E-state index in [9.17, 15) is 4.39 Å². The van der Waals surface area contributed by atoms with Crippen LogP contribution in [0, 0.1) is 5.82 Å². The summed E-state index contributed by atoms with van der Waals surface area (Å²) < 4.78 is 19.0. The molecule has 0 spiro atoms. The van der Waals surface area contributed by atoms with Crippen LogP contribution in [0.4, 0.5) is 4.39 Å². The van der Waals surface area contributed by atoms with Crippen LogP contribution in [0.1, 0.15) is 38.6 Å². The van der Waals surface area contributed by atoms with Gasteiger partial charge in [-0.1, -0.05) is 41.6 Å². The molecule has 1 aromatic heterocycles. The standard InChI is InChI=1S/C21H22FN3O/c1-14(2)25-12-4-7-19(25)21-23-20(24-26-21)16-10-8-15(9-11-16)17-5-3-6-18(22)13-17/h3,5-6,8-11,13-14,19H,4,7,12H2,1-2H3. The molecule has 4 nitrogen and oxygen atoms in total. The van der Waals surface area contributed by atoms with Gasteiger partial charge in [-0.05, 0) is 56.5 Å². The zero-order valence-electron chi connectivity index (χ0n) is 15.0. The summed E-state index contributed by atoms with van der Waals surface area (Å²) in [6, 6.07) is 15.1. The summed E-state index contributed by atoms with van der Waals surface area (Å²) in [5, 5.41) is 4.17. The van der Waals surface area contributed by atoms with Gasteiger partial charge in [0.25, 0.3) is 0 Å². The van der Waals surface area contributed by atoms with E-state index in [0.29, 0.717) is 17.8 Å². The van der Waals surface area contributed by atoms with Gasteiger partial charge in [0.1, 0.15) is 5.82 Å². The first kappa shape index (κ1) is 16.9. The summed E-state index contributed by atoms with van der Waals surface area (Å²) in [6.45, 7) is 5.46. The third kappa shape index (κ3) is 3.27. The monoisotopic (exact) mass is 351 g/mol. The fourth-order valence-electron chi connectivity index (χ4n) is 3.64. The number of hydrogen-bond acceptors (Lipinski definition) is 4. The molecule has 0 aliphatic carbocycles. The van der Waals surface area contributed by atoms with Crippen LogP contribution in [0.2, 0.25) is 0 Å². The fourth-order valence-corrected chi connectivity index (χ4v) is 3.64. The van der Waals surface area contributed by atoms with Gasteiger partial charge >= 0.3 is 0 Å². The van der Waals surface area contributed by atoms with Crippen molar-refractivity contribution in [1.82, 2.24) is 15.0 Å². The molecule has 1 fully saturated rings. The molecule has 0 radical (unpaired) electrons. The van der Waals surface area contributed by atoms with Gasteiger partial charge < -0.3 is 4.52 Å². The molecular weight excluding hydrogens is 329 g/mol. The molecule has 134 valence electrons. The molecular formula is C21H22FN3O. The highest BCUT2D eigenvalue weighted by Gasteiger charge is 2.32. The van der Waals surface area contributed by atoms with Gasteiger partial charge in [-0.25, -0.2) is 4.39 Å². The van der Waals surface area contributed by atoms with E-state index in [2.05, 4.69) is 28.9 Å². The van der Waals surface area contributed by atoms with Crippen molar-refractivity contribution in [2.45, 2.75) is 38.8 Å². The van der Waals surface area contributed by atoms with Crippen LogP contribution in [0.15, 0.2) is 53.1 Å². The Morgan fingerprint density at radius 2 is 1.85 bits per heavy atom. The number of aromatic nitrogens is 2. The lowest BCUT2D eigenvalue weighted by molar-refractivity contribution is 0.170. The summed E-state index contributed by atoms with van der Waals surface area (Å²) in [7, 11) is 0. The van der Waals surface area contributed by atoms with E-state index in [0.717, 1.165) is 36.1 Å². The molecule has 1 aliphatic rings. The zero-order chi connectivity index (χ0) is 18.1. The van der Waals surface area contributed by atoms with Crippen molar-refractivity contribution in [3.63, 3.8) is 0 Å². The maximum absolute atomic E-state index is 13.4. The molecule has 0 saturated carbocycles. The number of likely N-dealkylation sites (tertiary alicyclic amines) is 1. The lowest BCUT2D eigenvalue weighted by atomic mass is 10.0. The van der Waals surface area contributed by atoms with Crippen molar-refractivity contribution < 1.29 is 8.91 Å². The fraction of sp³-hybridized carbons (Fsp3) is 0.333. The molecule has 4 rings (SSSR count). The van der Waals surface area contributed by atoms with Crippen LogP contribution in [-0.2, 0) is 0 Å². The third-order valence-corrected chi connectivity index (χ3v) is 4.99. The van der Waals surface area contributed by atoms with Crippen LogP contribution in [-0.4, -0.2) is 27.6 Å². The maximum atomic E-state index is 13.4. The third-order valence-electron chi connectivity index (χ3n) is 4.99. The molecule has 3 aromatic rings. The molecule has 26 heavy (non-hydrogen) atoms. The molecule has 1 saturated heterocycles. The minimum atomic E-state index is -0.236. The Bertz CT molecular complexity index is 888. The topological polar surface area (TPSA) is 42.2 Å². The quantitative estimate of drug-likeness (QED) is 0.657. The molecule has 1 atom stereocenters. The Balaban J connectivity index is 1.56. The predicted octanol–water partition coefficient (Wildman–Crippen LogP) is 5.09. The van der Waals surface area contributed by atoms with E-state index in [-0.39, 0.29) is 11.9 Å². The number of halogens is 1. The molecule has 5 heteroatoms. The summed E-state index contributed by atoms with van der Waals surface area (Å²) in [6.07, 6.45) is 2.21. The normalized spacial score (nSPS) is 17.9. The Hall–Kier alpha value is -2.53. The minimum Gasteiger partial charge on any atom is -0.337 e. The van der Waals surface area contributed by atoms with Gasteiger partial charge in [-0.2, -0.15) is 4.98 Å². The van der Waals surface area contributed by atoms with Crippen molar-refractivity contribution in [2.75, 3.05) is 6.54 Å². The Morgan fingerprint density at radius 1 is 1.08 bits per heavy atom. The summed E-state index contributed by atoms with van der Waals surface area (Å²) in [5.41, 5.74) is 2.71. The van der Waals surface area contributed by atoms with Crippen molar-refractivity contribution in [3.05, 3.63) is 60.2 Å². The lowest BCUT2D eigenvalue weighted by Gasteiger charge is -2.25. The maximum Gasteiger partial charge on any atom is 0.244 e. The first-order chi connectivity index (χ1) is 12.6. The second-order valence-corrected chi connectivity index (χ2v) is 7.03. The molecule has 2 aromatic carbocycles. The number of benzene rings is 2. The molecule has 0 amide bonds. The average molecular weight is 351 g/mol. The average Bonchev–Trinajstić information content (AvgIpc) is 3.31. The van der Waals surface area contributed by atoms with Crippen LogP contribution in [0.5, 0.6) is 0 Å². The first-order valence-corrected chi connectivity index (χ1v) is 9.07. The van der Waals surface area contributed by atoms with Crippen molar-refractivity contribution >= 4 is 0 Å². The largest absolute Gasteiger partial charge is 0.337 e. The van der Waals surface area contributed by atoms with E-state index in [4.69, 9.17) is 4.52 Å². The number of hydrogen-bond donors (Lipinski definition) is 0. The molecule has 1 unspecified atom stereocenters.